The number of aromatic nitrogens is 3. The van der Waals surface area contributed by atoms with Crippen molar-refractivity contribution in [1.82, 2.24) is 15.0 Å². The molecule has 0 aliphatic carbocycles. The number of benzene rings is 2. The lowest BCUT2D eigenvalue weighted by molar-refractivity contribution is 0.427. The van der Waals surface area contributed by atoms with Crippen LogP contribution in [0.25, 0.3) is 11.0 Å². The zero-order chi connectivity index (χ0) is 13.4. The van der Waals surface area contributed by atoms with Crippen molar-refractivity contribution in [3.8, 4) is 11.5 Å². The fraction of sp³-hybridized carbons (Fsp3) is 0.143. The molecule has 0 amide bonds. The monoisotopic (exact) mass is 255 g/mol. The summed E-state index contributed by atoms with van der Waals surface area (Å²) in [5.41, 5.74) is 2.80. The van der Waals surface area contributed by atoms with Crippen molar-refractivity contribution in [2.75, 3.05) is 0 Å². The summed E-state index contributed by atoms with van der Waals surface area (Å²) in [4.78, 5) is 1.47. The van der Waals surface area contributed by atoms with Crippen molar-refractivity contribution >= 4 is 11.0 Å². The van der Waals surface area contributed by atoms with E-state index in [1.54, 1.807) is 12.1 Å². The number of hydrogen-bond acceptors (Lipinski definition) is 4. The van der Waals surface area contributed by atoms with Gasteiger partial charge in [0.2, 0.25) is 0 Å². The van der Waals surface area contributed by atoms with Gasteiger partial charge in [-0.15, -0.1) is 0 Å². The van der Waals surface area contributed by atoms with E-state index in [9.17, 15) is 10.2 Å². The molecule has 3 aromatic rings. The molecule has 5 nitrogen and oxygen atoms in total. The van der Waals surface area contributed by atoms with Crippen LogP contribution in [-0.2, 0) is 6.54 Å². The number of nitrogens with zero attached hydrogens (tertiary/aromatic N) is 3. The lowest BCUT2D eigenvalue weighted by Gasteiger charge is -2.07. The Morgan fingerprint density at radius 1 is 1.00 bits per heavy atom. The molecule has 5 heteroatoms. The predicted octanol–water partition coefficient (Wildman–Crippen LogP) is 2.20. The molecule has 0 aliphatic heterocycles. The van der Waals surface area contributed by atoms with Crippen molar-refractivity contribution in [2.45, 2.75) is 13.5 Å². The lowest BCUT2D eigenvalue weighted by atomic mass is 10.1. The van der Waals surface area contributed by atoms with Gasteiger partial charge >= 0.3 is 0 Å². The predicted molar refractivity (Wildman–Crippen MR) is 71.1 cm³/mol. The van der Waals surface area contributed by atoms with E-state index < -0.39 is 0 Å². The highest BCUT2D eigenvalue weighted by molar-refractivity contribution is 5.73. The number of hydrogen-bond donors (Lipinski definition) is 2. The SMILES string of the molecule is Cc1cc(O)c(Cn2nc3ccccc3n2)c(O)c1. The summed E-state index contributed by atoms with van der Waals surface area (Å²) in [5, 5.41) is 28.4. The summed E-state index contributed by atoms with van der Waals surface area (Å²) in [6.45, 7) is 2.04. The smallest absolute Gasteiger partial charge is 0.124 e. The van der Waals surface area contributed by atoms with Crippen LogP contribution in [0.2, 0.25) is 0 Å². The fourth-order valence-corrected chi connectivity index (χ4v) is 2.06. The maximum absolute atomic E-state index is 9.88. The number of phenolic OH excluding ortho intramolecular Hbond substituents is 2. The van der Waals surface area contributed by atoms with Crippen LogP contribution in [0.15, 0.2) is 36.4 Å². The topological polar surface area (TPSA) is 71.2 Å². The minimum Gasteiger partial charge on any atom is -0.507 e. The Labute approximate surface area is 109 Å². The standard InChI is InChI=1S/C14H13N3O2/c1-9-6-13(18)10(14(19)7-9)8-17-15-11-4-2-3-5-12(11)16-17/h2-7,18-19H,8H2,1H3. The Morgan fingerprint density at radius 3 is 2.05 bits per heavy atom. The van der Waals surface area contributed by atoms with Gasteiger partial charge in [-0.1, -0.05) is 12.1 Å². The zero-order valence-electron chi connectivity index (χ0n) is 10.4. The number of phenols is 2. The van der Waals surface area contributed by atoms with Gasteiger partial charge in [0.1, 0.15) is 22.5 Å². The molecule has 0 bridgehead atoms. The zero-order valence-corrected chi connectivity index (χ0v) is 10.4. The van der Waals surface area contributed by atoms with Gasteiger partial charge in [0, 0.05) is 0 Å². The molecule has 0 radical (unpaired) electrons. The van der Waals surface area contributed by atoms with Gasteiger partial charge in [0.25, 0.3) is 0 Å². The summed E-state index contributed by atoms with van der Waals surface area (Å²) in [5.74, 6) is 0.109. The van der Waals surface area contributed by atoms with Gasteiger partial charge < -0.3 is 10.2 Å². The average molecular weight is 255 g/mol. The summed E-state index contributed by atoms with van der Waals surface area (Å²) in [6.07, 6.45) is 0. The normalized spacial score (nSPS) is 11.0. The Kier molecular flexibility index (Phi) is 2.59. The third kappa shape index (κ3) is 2.10. The largest absolute Gasteiger partial charge is 0.507 e. The summed E-state index contributed by atoms with van der Waals surface area (Å²) < 4.78 is 0. The van der Waals surface area contributed by atoms with E-state index in [2.05, 4.69) is 10.2 Å². The number of fused-ring (bicyclic) bond motifs is 1. The highest BCUT2D eigenvalue weighted by Crippen LogP contribution is 2.29. The molecule has 0 saturated heterocycles. The first-order chi connectivity index (χ1) is 9.13. The number of aryl methyl sites for hydroxylation is 1. The van der Waals surface area contributed by atoms with Crippen LogP contribution in [0.1, 0.15) is 11.1 Å². The maximum atomic E-state index is 9.88. The quantitative estimate of drug-likeness (QED) is 0.736. The second kappa shape index (κ2) is 4.28. The molecule has 0 aliphatic rings. The molecule has 2 aromatic carbocycles. The van der Waals surface area contributed by atoms with E-state index in [0.29, 0.717) is 5.56 Å². The van der Waals surface area contributed by atoms with Crippen LogP contribution in [-0.4, -0.2) is 25.2 Å². The van der Waals surface area contributed by atoms with Gasteiger partial charge in [-0.2, -0.15) is 15.0 Å². The first kappa shape index (κ1) is 11.5. The van der Waals surface area contributed by atoms with E-state index >= 15 is 0 Å². The van der Waals surface area contributed by atoms with Crippen LogP contribution in [0.3, 0.4) is 0 Å². The minimum atomic E-state index is 0.0545. The second-order valence-electron chi connectivity index (χ2n) is 4.50. The fourth-order valence-electron chi connectivity index (χ4n) is 2.06. The highest BCUT2D eigenvalue weighted by Gasteiger charge is 2.11. The molecule has 1 aromatic heterocycles. The van der Waals surface area contributed by atoms with Crippen molar-refractivity contribution in [3.63, 3.8) is 0 Å². The second-order valence-corrected chi connectivity index (χ2v) is 4.50. The minimum absolute atomic E-state index is 0.0545. The molecule has 96 valence electrons. The van der Waals surface area contributed by atoms with Gasteiger partial charge in [-0.25, -0.2) is 0 Å². The van der Waals surface area contributed by atoms with Crippen LogP contribution in [0.4, 0.5) is 0 Å². The van der Waals surface area contributed by atoms with E-state index in [1.807, 2.05) is 31.2 Å². The van der Waals surface area contributed by atoms with Crippen LogP contribution in [0.5, 0.6) is 11.5 Å². The van der Waals surface area contributed by atoms with Gasteiger partial charge in [-0.3, -0.25) is 0 Å². The van der Waals surface area contributed by atoms with E-state index in [0.717, 1.165) is 16.6 Å². The van der Waals surface area contributed by atoms with Crippen LogP contribution in [0, 0.1) is 6.92 Å². The Bertz CT molecular complexity index is 693. The van der Waals surface area contributed by atoms with Gasteiger partial charge in [0.15, 0.2) is 0 Å². The molecule has 0 fully saturated rings. The number of rotatable bonds is 2. The van der Waals surface area contributed by atoms with Crippen LogP contribution < -0.4 is 0 Å². The summed E-state index contributed by atoms with van der Waals surface area (Å²) >= 11 is 0. The van der Waals surface area contributed by atoms with Crippen molar-refractivity contribution < 1.29 is 10.2 Å². The molecule has 2 N–H and O–H groups in total. The molecular weight excluding hydrogens is 242 g/mol. The first-order valence-corrected chi connectivity index (χ1v) is 5.95. The molecule has 1 heterocycles. The molecular formula is C14H13N3O2. The Balaban J connectivity index is 2.01. The molecule has 0 spiro atoms. The van der Waals surface area contributed by atoms with Crippen molar-refractivity contribution in [3.05, 3.63) is 47.5 Å². The van der Waals surface area contributed by atoms with E-state index in [-0.39, 0.29) is 18.0 Å². The molecule has 0 unspecified atom stereocenters. The Morgan fingerprint density at radius 2 is 1.53 bits per heavy atom. The molecule has 0 atom stereocenters. The maximum Gasteiger partial charge on any atom is 0.124 e. The van der Waals surface area contributed by atoms with E-state index in [1.165, 1.54) is 4.80 Å². The average Bonchev–Trinajstić information content (AvgIpc) is 2.76. The third-order valence-electron chi connectivity index (χ3n) is 2.97. The van der Waals surface area contributed by atoms with Crippen molar-refractivity contribution in [1.29, 1.82) is 0 Å². The Hall–Kier alpha value is -2.56. The lowest BCUT2D eigenvalue weighted by Crippen LogP contribution is -2.04. The van der Waals surface area contributed by atoms with Crippen molar-refractivity contribution in [2.24, 2.45) is 0 Å². The van der Waals surface area contributed by atoms with E-state index in [4.69, 9.17) is 0 Å². The van der Waals surface area contributed by atoms with Gasteiger partial charge in [0.05, 0.1) is 12.1 Å². The molecule has 3 rings (SSSR count). The highest BCUT2D eigenvalue weighted by atomic mass is 16.3. The van der Waals surface area contributed by atoms with Crippen LogP contribution >= 0.6 is 0 Å². The molecule has 0 saturated carbocycles. The third-order valence-corrected chi connectivity index (χ3v) is 2.97. The number of aromatic hydroxyl groups is 2. The summed E-state index contributed by atoms with van der Waals surface area (Å²) in [7, 11) is 0. The molecule has 19 heavy (non-hydrogen) atoms. The summed E-state index contributed by atoms with van der Waals surface area (Å²) in [6, 6.07) is 10.7. The first-order valence-electron chi connectivity index (χ1n) is 5.95. The van der Waals surface area contributed by atoms with Gasteiger partial charge in [-0.05, 0) is 36.8 Å².